The van der Waals surface area contributed by atoms with Gasteiger partial charge in [-0.2, -0.15) is 0 Å². The molecular formula is C23H27N3O4S2. The van der Waals surface area contributed by atoms with Gasteiger partial charge < -0.3 is 14.2 Å². The molecule has 1 aliphatic rings. The number of amides is 1. The maximum Gasteiger partial charge on any atom is 0.264 e. The van der Waals surface area contributed by atoms with Gasteiger partial charge in [0.15, 0.2) is 0 Å². The summed E-state index contributed by atoms with van der Waals surface area (Å²) in [5.74, 6) is -0.150. The molecule has 1 amide bonds. The van der Waals surface area contributed by atoms with Crippen molar-refractivity contribution in [2.24, 2.45) is 0 Å². The summed E-state index contributed by atoms with van der Waals surface area (Å²) in [6, 6.07) is 11.3. The number of benzene rings is 1. The Labute approximate surface area is 192 Å². The first kappa shape index (κ1) is 22.7. The molecule has 3 aromatic rings. The molecule has 32 heavy (non-hydrogen) atoms. The molecule has 4 rings (SSSR count). The lowest BCUT2D eigenvalue weighted by atomic mass is 10.2. The van der Waals surface area contributed by atoms with Crippen LogP contribution in [-0.4, -0.2) is 48.5 Å². The van der Waals surface area contributed by atoms with E-state index in [2.05, 4.69) is 4.98 Å². The molecule has 170 valence electrons. The molecule has 0 spiro atoms. The molecule has 0 radical (unpaired) electrons. The van der Waals surface area contributed by atoms with Gasteiger partial charge in [0.05, 0.1) is 35.7 Å². The van der Waals surface area contributed by atoms with Crippen molar-refractivity contribution < 1.29 is 17.9 Å². The third kappa shape index (κ3) is 5.11. The van der Waals surface area contributed by atoms with Crippen LogP contribution in [0.2, 0.25) is 0 Å². The molecule has 7 nitrogen and oxygen atoms in total. The average Bonchev–Trinajstić information content (AvgIpc) is 3.29. The Kier molecular flexibility index (Phi) is 6.78. The lowest BCUT2D eigenvalue weighted by Crippen LogP contribution is -2.33. The summed E-state index contributed by atoms with van der Waals surface area (Å²) in [5, 5.41) is 1.90. The fourth-order valence-corrected chi connectivity index (χ4v) is 5.82. The van der Waals surface area contributed by atoms with E-state index in [1.165, 1.54) is 11.3 Å². The Morgan fingerprint density at radius 3 is 2.62 bits per heavy atom. The van der Waals surface area contributed by atoms with Crippen LogP contribution in [0.25, 0.3) is 0 Å². The van der Waals surface area contributed by atoms with E-state index in [1.807, 2.05) is 53.6 Å². The number of hydrogen-bond donors (Lipinski definition) is 0. The molecule has 1 aliphatic carbocycles. The first-order valence-electron chi connectivity index (χ1n) is 10.5. The van der Waals surface area contributed by atoms with Gasteiger partial charge in [0.1, 0.15) is 0 Å². The van der Waals surface area contributed by atoms with Crippen molar-refractivity contribution in [3.8, 4) is 0 Å². The predicted molar refractivity (Wildman–Crippen MR) is 123 cm³/mol. The first-order valence-corrected chi connectivity index (χ1v) is 13.1. The summed E-state index contributed by atoms with van der Waals surface area (Å²) in [4.78, 5) is 19.9. The van der Waals surface area contributed by atoms with Gasteiger partial charge in [0.2, 0.25) is 15.0 Å². The van der Waals surface area contributed by atoms with Crippen molar-refractivity contribution in [1.82, 2.24) is 14.5 Å². The van der Waals surface area contributed by atoms with Crippen molar-refractivity contribution in [3.63, 3.8) is 0 Å². The molecule has 0 bridgehead atoms. The highest BCUT2D eigenvalue weighted by Crippen LogP contribution is 2.31. The number of nitrogens with zero attached hydrogens (tertiary/aromatic N) is 3. The zero-order chi connectivity index (χ0) is 22.7. The minimum absolute atomic E-state index is 0.0180. The number of rotatable bonds is 10. The predicted octanol–water partition coefficient (Wildman–Crippen LogP) is 3.68. The quantitative estimate of drug-likeness (QED) is 0.449. The minimum Gasteiger partial charge on any atom is -0.383 e. The van der Waals surface area contributed by atoms with Gasteiger partial charge in [0, 0.05) is 19.7 Å². The summed E-state index contributed by atoms with van der Waals surface area (Å²) in [6.07, 6.45) is 3.50. The smallest absolute Gasteiger partial charge is 0.264 e. The molecule has 1 aromatic carbocycles. The number of carbonyl (C=O) groups excluding carboxylic acids is 1. The number of hydrogen-bond acceptors (Lipinski definition) is 6. The summed E-state index contributed by atoms with van der Waals surface area (Å²) in [5.41, 5.74) is 2.48. The van der Waals surface area contributed by atoms with Crippen molar-refractivity contribution in [2.45, 2.75) is 49.8 Å². The van der Waals surface area contributed by atoms with E-state index in [0.717, 1.165) is 18.4 Å². The Bertz CT molecular complexity index is 1160. The number of aryl methyl sites for hydroxylation is 1. The number of carbonyl (C=O) groups is 1. The van der Waals surface area contributed by atoms with Crippen LogP contribution in [0.1, 0.15) is 39.3 Å². The fraction of sp³-hybridized carbons (Fsp3) is 0.391. The lowest BCUT2D eigenvalue weighted by molar-refractivity contribution is 0.0729. The van der Waals surface area contributed by atoms with E-state index in [0.29, 0.717) is 35.8 Å². The van der Waals surface area contributed by atoms with Crippen LogP contribution in [0.15, 0.2) is 53.1 Å². The number of ether oxygens (including phenoxy) is 1. The number of sulfone groups is 1. The summed E-state index contributed by atoms with van der Waals surface area (Å²) < 4.78 is 33.4. The van der Waals surface area contributed by atoms with E-state index < -0.39 is 9.84 Å². The Balaban J connectivity index is 1.62. The summed E-state index contributed by atoms with van der Waals surface area (Å²) in [7, 11) is -2.10. The van der Waals surface area contributed by atoms with Crippen molar-refractivity contribution in [3.05, 3.63) is 69.7 Å². The standard InChI is InChI=1S/C23H27N3O4S2/c1-17-5-7-18(8-6-17)16-32(28,29)23-24-14-20(25(23)11-12-30-2)15-26(19-9-10-19)22(27)21-4-3-13-31-21/h3-8,13-14,19H,9-12,15-16H2,1-2H3. The Morgan fingerprint density at radius 1 is 1.25 bits per heavy atom. The molecule has 0 aliphatic heterocycles. The number of thiophene rings is 1. The number of aromatic nitrogens is 2. The maximum atomic E-state index is 13.2. The largest absolute Gasteiger partial charge is 0.383 e. The molecule has 0 saturated heterocycles. The van der Waals surface area contributed by atoms with E-state index in [9.17, 15) is 13.2 Å². The maximum absolute atomic E-state index is 13.2. The molecule has 0 N–H and O–H groups in total. The first-order chi connectivity index (χ1) is 15.4. The Hall–Kier alpha value is -2.49. The highest BCUT2D eigenvalue weighted by atomic mass is 32.2. The second-order valence-electron chi connectivity index (χ2n) is 8.06. The zero-order valence-corrected chi connectivity index (χ0v) is 19.9. The van der Waals surface area contributed by atoms with Crippen LogP contribution in [0.5, 0.6) is 0 Å². The van der Waals surface area contributed by atoms with E-state index >= 15 is 0 Å². The third-order valence-corrected chi connectivity index (χ3v) is 7.94. The summed E-state index contributed by atoms with van der Waals surface area (Å²) in [6.45, 7) is 2.97. The second kappa shape index (κ2) is 9.56. The van der Waals surface area contributed by atoms with Gasteiger partial charge in [-0.25, -0.2) is 13.4 Å². The van der Waals surface area contributed by atoms with Gasteiger partial charge in [-0.3, -0.25) is 4.79 Å². The lowest BCUT2D eigenvalue weighted by Gasteiger charge is -2.23. The van der Waals surface area contributed by atoms with Crippen LogP contribution in [0.3, 0.4) is 0 Å². The van der Waals surface area contributed by atoms with Crippen molar-refractivity contribution in [1.29, 1.82) is 0 Å². The molecule has 0 unspecified atom stereocenters. The molecule has 0 atom stereocenters. The molecule has 9 heteroatoms. The van der Waals surface area contributed by atoms with E-state index in [4.69, 9.17) is 4.74 Å². The van der Waals surface area contributed by atoms with E-state index in [1.54, 1.807) is 17.9 Å². The zero-order valence-electron chi connectivity index (χ0n) is 18.2. The topological polar surface area (TPSA) is 81.5 Å². The van der Waals surface area contributed by atoms with Crippen LogP contribution in [-0.2, 0) is 33.4 Å². The molecular weight excluding hydrogens is 446 g/mol. The molecule has 2 heterocycles. The Morgan fingerprint density at radius 2 is 2.00 bits per heavy atom. The third-order valence-electron chi connectivity index (χ3n) is 5.49. The highest BCUT2D eigenvalue weighted by Gasteiger charge is 2.35. The molecule has 1 saturated carbocycles. The van der Waals surface area contributed by atoms with Crippen LogP contribution < -0.4 is 0 Å². The molecule has 1 fully saturated rings. The van der Waals surface area contributed by atoms with Crippen LogP contribution in [0.4, 0.5) is 0 Å². The SMILES string of the molecule is COCCn1c(CN(C(=O)c2cccs2)C2CC2)cnc1S(=O)(=O)Cc1ccc(C)cc1. The average molecular weight is 474 g/mol. The van der Waals surface area contributed by atoms with Crippen molar-refractivity contribution >= 4 is 27.1 Å². The summed E-state index contributed by atoms with van der Waals surface area (Å²) >= 11 is 1.42. The highest BCUT2D eigenvalue weighted by molar-refractivity contribution is 7.90. The second-order valence-corrected chi connectivity index (χ2v) is 10.9. The van der Waals surface area contributed by atoms with E-state index in [-0.39, 0.29) is 22.9 Å². The van der Waals surface area contributed by atoms with Crippen molar-refractivity contribution in [2.75, 3.05) is 13.7 Å². The molecule has 2 aromatic heterocycles. The van der Waals surface area contributed by atoms with Crippen LogP contribution in [0, 0.1) is 6.92 Å². The van der Waals surface area contributed by atoms with Gasteiger partial charge >= 0.3 is 0 Å². The van der Waals surface area contributed by atoms with Crippen LogP contribution >= 0.6 is 11.3 Å². The number of imidazole rings is 1. The van der Waals surface area contributed by atoms with Gasteiger partial charge in [-0.15, -0.1) is 11.3 Å². The van der Waals surface area contributed by atoms with Gasteiger partial charge in [-0.05, 0) is 36.8 Å². The monoisotopic (exact) mass is 473 g/mol. The normalized spacial score (nSPS) is 13.9. The fourth-order valence-electron chi connectivity index (χ4n) is 3.63. The van der Waals surface area contributed by atoms with Gasteiger partial charge in [0.25, 0.3) is 5.91 Å². The van der Waals surface area contributed by atoms with Gasteiger partial charge in [-0.1, -0.05) is 35.9 Å². The number of methoxy groups -OCH3 is 1. The minimum atomic E-state index is -3.68.